The van der Waals surface area contributed by atoms with Crippen molar-refractivity contribution in [1.29, 1.82) is 0 Å². The molecule has 5 heteroatoms. The van der Waals surface area contributed by atoms with E-state index in [9.17, 15) is 4.79 Å². The minimum absolute atomic E-state index is 0.106. The highest BCUT2D eigenvalue weighted by Crippen LogP contribution is 2.06. The molecule has 4 nitrogen and oxygen atoms in total. The number of rotatable bonds is 4. The monoisotopic (exact) mass is 271 g/mol. The third kappa shape index (κ3) is 3.58. The molecule has 1 rings (SSSR count). The highest BCUT2D eigenvalue weighted by atomic mass is 79.9. The van der Waals surface area contributed by atoms with E-state index < -0.39 is 0 Å². The summed E-state index contributed by atoms with van der Waals surface area (Å²) < 4.78 is 0. The van der Waals surface area contributed by atoms with Gasteiger partial charge in [-0.25, -0.2) is 0 Å². The van der Waals surface area contributed by atoms with Crippen molar-refractivity contribution >= 4 is 21.8 Å². The average Bonchev–Trinajstić information content (AvgIpc) is 2.29. The number of hydrogen-bond acceptors (Lipinski definition) is 3. The minimum Gasteiger partial charge on any atom is -0.349 e. The molecule has 1 amide bonds. The average molecular weight is 272 g/mol. The number of carbonyl (C=O) groups excluding carboxylic acids is 1. The Kier molecular flexibility index (Phi) is 4.68. The number of halogens is 1. The van der Waals surface area contributed by atoms with Crippen molar-refractivity contribution < 1.29 is 4.79 Å². The van der Waals surface area contributed by atoms with E-state index >= 15 is 0 Å². The first-order valence-corrected chi connectivity index (χ1v) is 5.90. The predicted octanol–water partition coefficient (Wildman–Crippen LogP) is 1.63. The molecule has 15 heavy (non-hydrogen) atoms. The Morgan fingerprint density at radius 3 is 2.80 bits per heavy atom. The van der Waals surface area contributed by atoms with Gasteiger partial charge in [-0.2, -0.15) is 10.2 Å². The number of aromatic nitrogens is 2. The zero-order valence-corrected chi connectivity index (χ0v) is 10.4. The van der Waals surface area contributed by atoms with Gasteiger partial charge in [0.2, 0.25) is 0 Å². The van der Waals surface area contributed by atoms with Crippen LogP contribution in [0.5, 0.6) is 0 Å². The molecule has 0 aliphatic rings. The number of carbonyl (C=O) groups is 1. The van der Waals surface area contributed by atoms with Crippen molar-refractivity contribution in [3.8, 4) is 0 Å². The second-order valence-corrected chi connectivity index (χ2v) is 4.17. The topological polar surface area (TPSA) is 54.9 Å². The molecule has 0 aliphatic heterocycles. The van der Waals surface area contributed by atoms with Crippen LogP contribution in [0.3, 0.4) is 0 Å². The van der Waals surface area contributed by atoms with Crippen LogP contribution in [0.15, 0.2) is 18.5 Å². The maximum Gasteiger partial charge on any atom is 0.253 e. The van der Waals surface area contributed by atoms with Crippen LogP contribution >= 0.6 is 15.9 Å². The molecule has 1 aromatic rings. The highest BCUT2D eigenvalue weighted by Gasteiger charge is 2.14. The quantitative estimate of drug-likeness (QED) is 0.847. The van der Waals surface area contributed by atoms with E-state index in [1.165, 1.54) is 12.4 Å². The molecule has 82 valence electrons. The van der Waals surface area contributed by atoms with Crippen molar-refractivity contribution in [2.75, 3.05) is 5.33 Å². The van der Waals surface area contributed by atoms with Gasteiger partial charge in [0.25, 0.3) is 5.91 Å². The summed E-state index contributed by atoms with van der Waals surface area (Å²) in [5.74, 6) is 0.286. The van der Waals surface area contributed by atoms with Gasteiger partial charge in [0.1, 0.15) is 0 Å². The molecule has 0 radical (unpaired) electrons. The van der Waals surface area contributed by atoms with Gasteiger partial charge in [0, 0.05) is 11.4 Å². The molecule has 0 bridgehead atoms. The predicted molar refractivity (Wildman–Crippen MR) is 61.9 cm³/mol. The summed E-state index contributed by atoms with van der Waals surface area (Å²) >= 11 is 3.39. The number of alkyl halides is 1. The van der Waals surface area contributed by atoms with Crippen molar-refractivity contribution in [2.24, 2.45) is 5.92 Å². The Labute approximate surface area is 97.6 Å². The Hall–Kier alpha value is -0.970. The molecule has 0 saturated carbocycles. The van der Waals surface area contributed by atoms with Crippen LogP contribution in [0.4, 0.5) is 0 Å². The fourth-order valence-corrected chi connectivity index (χ4v) is 1.55. The van der Waals surface area contributed by atoms with E-state index in [4.69, 9.17) is 0 Å². The van der Waals surface area contributed by atoms with E-state index in [1.54, 1.807) is 6.07 Å². The van der Waals surface area contributed by atoms with Gasteiger partial charge in [-0.05, 0) is 18.9 Å². The molecule has 0 saturated heterocycles. The second-order valence-electron chi connectivity index (χ2n) is 3.52. The first-order chi connectivity index (χ1) is 7.15. The summed E-state index contributed by atoms with van der Waals surface area (Å²) in [5, 5.41) is 11.1. The van der Waals surface area contributed by atoms with Gasteiger partial charge in [-0.1, -0.05) is 22.9 Å². The minimum atomic E-state index is -0.106. The molecule has 0 fully saturated rings. The number of hydrogen-bond donors (Lipinski definition) is 1. The second kappa shape index (κ2) is 5.80. The molecule has 0 spiro atoms. The van der Waals surface area contributed by atoms with Crippen LogP contribution in [0.25, 0.3) is 0 Å². The maximum absolute atomic E-state index is 11.7. The first-order valence-electron chi connectivity index (χ1n) is 4.78. The molecule has 2 atom stereocenters. The molecule has 2 unspecified atom stereocenters. The van der Waals surface area contributed by atoms with E-state index in [-0.39, 0.29) is 11.9 Å². The van der Waals surface area contributed by atoms with E-state index in [2.05, 4.69) is 38.4 Å². The van der Waals surface area contributed by atoms with Crippen LogP contribution in [-0.4, -0.2) is 27.5 Å². The van der Waals surface area contributed by atoms with Crippen molar-refractivity contribution in [3.63, 3.8) is 0 Å². The standard InChI is InChI=1S/C10H14BrN3O/c1-7(5-11)8(2)14-10(15)9-3-4-12-13-6-9/h3-4,6-8H,5H2,1-2H3,(H,14,15). The van der Waals surface area contributed by atoms with Gasteiger partial charge in [0.15, 0.2) is 0 Å². The van der Waals surface area contributed by atoms with Crippen molar-refractivity contribution in [1.82, 2.24) is 15.5 Å². The lowest BCUT2D eigenvalue weighted by molar-refractivity contribution is 0.0930. The van der Waals surface area contributed by atoms with Gasteiger partial charge >= 0.3 is 0 Å². The van der Waals surface area contributed by atoms with Gasteiger partial charge < -0.3 is 5.32 Å². The smallest absolute Gasteiger partial charge is 0.253 e. The molecule has 0 aromatic carbocycles. The lowest BCUT2D eigenvalue weighted by atomic mass is 10.1. The number of nitrogens with zero attached hydrogens (tertiary/aromatic N) is 2. The Morgan fingerprint density at radius 1 is 1.53 bits per heavy atom. The number of amides is 1. The van der Waals surface area contributed by atoms with Crippen LogP contribution in [0, 0.1) is 5.92 Å². The Morgan fingerprint density at radius 2 is 2.27 bits per heavy atom. The van der Waals surface area contributed by atoms with Crippen LogP contribution in [0.2, 0.25) is 0 Å². The fraction of sp³-hybridized carbons (Fsp3) is 0.500. The van der Waals surface area contributed by atoms with E-state index in [1.807, 2.05) is 6.92 Å². The van der Waals surface area contributed by atoms with E-state index in [0.717, 1.165) is 5.33 Å². The third-order valence-corrected chi connectivity index (χ3v) is 3.32. The highest BCUT2D eigenvalue weighted by molar-refractivity contribution is 9.09. The molecular weight excluding hydrogens is 258 g/mol. The zero-order valence-electron chi connectivity index (χ0n) is 8.77. The lowest BCUT2D eigenvalue weighted by Gasteiger charge is -2.18. The fourth-order valence-electron chi connectivity index (χ4n) is 0.991. The van der Waals surface area contributed by atoms with E-state index in [0.29, 0.717) is 11.5 Å². The molecule has 1 aromatic heterocycles. The molecule has 0 aliphatic carbocycles. The van der Waals surface area contributed by atoms with Crippen molar-refractivity contribution in [3.05, 3.63) is 24.0 Å². The zero-order chi connectivity index (χ0) is 11.3. The largest absolute Gasteiger partial charge is 0.349 e. The third-order valence-electron chi connectivity index (χ3n) is 2.30. The summed E-state index contributed by atoms with van der Waals surface area (Å²) in [6, 6.07) is 1.78. The molecule has 1 heterocycles. The summed E-state index contributed by atoms with van der Waals surface area (Å²) in [5.41, 5.74) is 0.540. The summed E-state index contributed by atoms with van der Waals surface area (Å²) in [4.78, 5) is 11.7. The molecular formula is C10H14BrN3O. The van der Waals surface area contributed by atoms with Gasteiger partial charge in [-0.3, -0.25) is 4.79 Å². The van der Waals surface area contributed by atoms with Crippen LogP contribution in [-0.2, 0) is 0 Å². The molecule has 1 N–H and O–H groups in total. The SMILES string of the molecule is CC(CBr)C(C)NC(=O)c1ccnnc1. The van der Waals surface area contributed by atoms with Crippen molar-refractivity contribution in [2.45, 2.75) is 19.9 Å². The summed E-state index contributed by atoms with van der Waals surface area (Å²) in [6.07, 6.45) is 2.97. The normalized spacial score (nSPS) is 14.3. The Bertz CT molecular complexity index is 318. The summed E-state index contributed by atoms with van der Waals surface area (Å²) in [6.45, 7) is 4.06. The maximum atomic E-state index is 11.7. The van der Waals surface area contributed by atoms with Gasteiger partial charge in [-0.15, -0.1) is 0 Å². The van der Waals surface area contributed by atoms with Crippen LogP contribution < -0.4 is 5.32 Å². The summed E-state index contributed by atoms with van der Waals surface area (Å²) in [7, 11) is 0. The van der Waals surface area contributed by atoms with Crippen LogP contribution in [0.1, 0.15) is 24.2 Å². The lowest BCUT2D eigenvalue weighted by Crippen LogP contribution is -2.37. The first kappa shape index (κ1) is 12.1. The van der Waals surface area contributed by atoms with Gasteiger partial charge in [0.05, 0.1) is 18.0 Å². The number of nitrogens with one attached hydrogen (secondary N) is 1. The Balaban J connectivity index is 2.57.